The molecule has 0 spiro atoms. The summed E-state index contributed by atoms with van der Waals surface area (Å²) in [7, 11) is 0. The first-order chi connectivity index (χ1) is 21.7. The average molecular weight is 648 g/mol. The largest absolute Gasteiger partial charge is 1.00 e. The predicted octanol–water partition coefficient (Wildman–Crippen LogP) is 8.25. The molecule has 0 fully saturated rings. The first kappa shape index (κ1) is 32.4. The van der Waals surface area contributed by atoms with E-state index in [1.54, 1.807) is 0 Å². The topological polar surface area (TPSA) is 6.25 Å². The Hall–Kier alpha value is -3.59. The molecule has 0 bridgehead atoms. The highest BCUT2D eigenvalue weighted by Gasteiger charge is 2.45. The zero-order valence-electron chi connectivity index (χ0n) is 27.9. The van der Waals surface area contributed by atoms with E-state index in [-0.39, 0.29) is 23.2 Å². The van der Waals surface area contributed by atoms with Crippen LogP contribution < -0.4 is 17.3 Å². The summed E-state index contributed by atoms with van der Waals surface area (Å²) in [5.41, 5.74) is 10.4. The maximum Gasteiger partial charge on any atom is 0.210 e. The molecule has 4 heteroatoms. The number of hydrogen-bond donors (Lipinski definition) is 0. The van der Waals surface area contributed by atoms with Crippen LogP contribution in [0, 0.1) is 0 Å². The molecule has 0 atom stereocenters. The minimum Gasteiger partial charge on any atom is -1.00 e. The van der Waals surface area contributed by atoms with Gasteiger partial charge in [-0.05, 0) is 103 Å². The number of rotatable bonds is 5. The van der Waals surface area contributed by atoms with Crippen molar-refractivity contribution in [2.75, 3.05) is 18.0 Å². The molecule has 0 amide bonds. The fraction of sp³-hybridized carbons (Fsp3) is 0.310. The molecule has 2 nitrogen and oxygen atoms in total. The van der Waals surface area contributed by atoms with Crippen LogP contribution in [0.2, 0.25) is 0 Å². The van der Waals surface area contributed by atoms with Crippen molar-refractivity contribution in [2.24, 2.45) is 0 Å². The molecule has 4 aromatic carbocycles. The van der Waals surface area contributed by atoms with E-state index in [0.717, 1.165) is 37.4 Å². The molecule has 0 saturated carbocycles. The summed E-state index contributed by atoms with van der Waals surface area (Å²) < 4.78 is 2.49. The Labute approximate surface area is 285 Å². The van der Waals surface area contributed by atoms with Crippen molar-refractivity contribution in [3.05, 3.63) is 130 Å². The zero-order chi connectivity index (χ0) is 31.5. The number of hydrogen-bond acceptors (Lipinski definition) is 1. The van der Waals surface area contributed by atoms with Gasteiger partial charge < -0.3 is 17.3 Å². The Kier molecular flexibility index (Phi) is 8.59. The molecule has 0 aromatic heterocycles. The van der Waals surface area contributed by atoms with Crippen molar-refractivity contribution in [1.29, 1.82) is 0 Å². The summed E-state index contributed by atoms with van der Waals surface area (Å²) in [6.45, 7) is 15.8. The van der Waals surface area contributed by atoms with Gasteiger partial charge >= 0.3 is 0 Å². The van der Waals surface area contributed by atoms with Crippen molar-refractivity contribution in [3.63, 3.8) is 0 Å². The maximum atomic E-state index is 7.23. The van der Waals surface area contributed by atoms with Crippen molar-refractivity contribution in [1.82, 2.24) is 0 Å². The van der Waals surface area contributed by atoms with Crippen molar-refractivity contribution in [3.8, 4) is 0 Å². The molecule has 236 valence electrons. The Morgan fingerprint density at radius 1 is 0.761 bits per heavy atom. The van der Waals surface area contributed by atoms with Gasteiger partial charge in [-0.25, -0.2) is 0 Å². The minimum absolute atomic E-state index is 0. The smallest absolute Gasteiger partial charge is 0.210 e. The number of nitrogens with zero attached hydrogens (tertiary/aromatic N) is 2. The molecule has 0 unspecified atom stereocenters. The molecule has 0 saturated heterocycles. The number of likely N-dealkylation sites (N-methyl/N-ethyl adjacent to an activating group) is 1. The van der Waals surface area contributed by atoms with Crippen LogP contribution in [-0.2, 0) is 10.8 Å². The van der Waals surface area contributed by atoms with Gasteiger partial charge in [0.05, 0.1) is 5.41 Å². The van der Waals surface area contributed by atoms with Crippen LogP contribution in [0.15, 0.2) is 119 Å². The van der Waals surface area contributed by atoms with Crippen LogP contribution >= 0.6 is 11.6 Å². The number of benzene rings is 4. The van der Waals surface area contributed by atoms with E-state index in [9.17, 15) is 0 Å². The van der Waals surface area contributed by atoms with Gasteiger partial charge in [-0.3, -0.25) is 0 Å². The minimum atomic E-state index is -0.107. The van der Waals surface area contributed by atoms with Crippen LogP contribution in [0.25, 0.3) is 21.5 Å². The molecular weight excluding hydrogens is 603 g/mol. The zero-order valence-corrected chi connectivity index (χ0v) is 29.4. The van der Waals surface area contributed by atoms with Crippen molar-refractivity contribution < 1.29 is 17.0 Å². The lowest BCUT2D eigenvalue weighted by Gasteiger charge is -2.26. The van der Waals surface area contributed by atoms with E-state index < -0.39 is 0 Å². The van der Waals surface area contributed by atoms with Crippen LogP contribution in [-0.4, -0.2) is 23.4 Å². The first-order valence-corrected chi connectivity index (χ1v) is 17.0. The van der Waals surface area contributed by atoms with Gasteiger partial charge in [0.25, 0.3) is 0 Å². The number of allylic oxidation sites excluding steroid dienone is 8. The summed E-state index contributed by atoms with van der Waals surface area (Å²) in [5.74, 6) is 0. The van der Waals surface area contributed by atoms with E-state index in [1.807, 2.05) is 0 Å². The fourth-order valence-electron chi connectivity index (χ4n) is 8.32. The van der Waals surface area contributed by atoms with E-state index >= 15 is 0 Å². The second kappa shape index (κ2) is 12.2. The normalized spacial score (nSPS) is 20.4. The summed E-state index contributed by atoms with van der Waals surface area (Å²) >= 11 is 7.23. The monoisotopic (exact) mass is 646 g/mol. The van der Waals surface area contributed by atoms with Crippen molar-refractivity contribution in [2.45, 2.75) is 71.6 Å². The Morgan fingerprint density at radius 2 is 1.41 bits per heavy atom. The number of anilines is 1. The summed E-state index contributed by atoms with van der Waals surface area (Å²) in [5, 5.41) is 6.22. The quantitative estimate of drug-likeness (QED) is 0.198. The summed E-state index contributed by atoms with van der Waals surface area (Å²) in [6, 6.07) is 26.7. The Balaban J connectivity index is 0.00000372. The van der Waals surface area contributed by atoms with E-state index in [1.165, 1.54) is 66.6 Å². The van der Waals surface area contributed by atoms with Gasteiger partial charge in [-0.2, -0.15) is 4.58 Å². The van der Waals surface area contributed by atoms with Gasteiger partial charge in [0.15, 0.2) is 5.71 Å². The first-order valence-electron chi connectivity index (χ1n) is 16.6. The molecule has 7 rings (SSSR count). The highest BCUT2D eigenvalue weighted by Crippen LogP contribution is 2.51. The molecular formula is C42H44Cl2N2. The fourth-order valence-corrected chi connectivity index (χ4v) is 8.63. The van der Waals surface area contributed by atoms with Crippen LogP contribution in [0.5, 0.6) is 0 Å². The Morgan fingerprint density at radius 3 is 2.09 bits per heavy atom. The lowest BCUT2D eigenvalue weighted by molar-refractivity contribution is -0.433. The maximum absolute atomic E-state index is 7.23. The van der Waals surface area contributed by atoms with Crippen LogP contribution in [0.1, 0.15) is 71.9 Å². The molecule has 3 aliphatic rings. The Bertz CT molecular complexity index is 2020. The average Bonchev–Trinajstić information content (AvgIpc) is 3.41. The highest BCUT2D eigenvalue weighted by molar-refractivity contribution is 6.32. The lowest BCUT2D eigenvalue weighted by Crippen LogP contribution is -3.00. The molecule has 2 aliphatic heterocycles. The second-order valence-electron chi connectivity index (χ2n) is 13.8. The van der Waals surface area contributed by atoms with E-state index in [4.69, 9.17) is 11.6 Å². The predicted molar refractivity (Wildman–Crippen MR) is 194 cm³/mol. The molecule has 4 aromatic rings. The highest BCUT2D eigenvalue weighted by atomic mass is 35.5. The van der Waals surface area contributed by atoms with Gasteiger partial charge in [-0.15, -0.1) is 0 Å². The van der Waals surface area contributed by atoms with Gasteiger partial charge in [-0.1, -0.05) is 92.2 Å². The molecule has 46 heavy (non-hydrogen) atoms. The van der Waals surface area contributed by atoms with Crippen molar-refractivity contribution >= 4 is 50.2 Å². The third-order valence-electron chi connectivity index (χ3n) is 10.5. The SMILES string of the molecule is CCN1/C(=C/C=C2\CCCC(/C=C/C3=[N+](CC)c4ccc5ccccc5c4C3(C)C)=C2Cl)C(C)(C)c2c1ccc1ccccc21.[Cl-]. The van der Waals surface area contributed by atoms with Crippen LogP contribution in [0.4, 0.5) is 11.4 Å². The van der Waals surface area contributed by atoms with E-state index in [0.29, 0.717) is 0 Å². The number of fused-ring (bicyclic) bond motifs is 6. The molecule has 1 aliphatic carbocycles. The molecule has 0 N–H and O–H groups in total. The third kappa shape index (κ3) is 4.97. The molecule has 2 heterocycles. The summed E-state index contributed by atoms with van der Waals surface area (Å²) in [4.78, 5) is 2.49. The summed E-state index contributed by atoms with van der Waals surface area (Å²) in [6.07, 6.45) is 12.4. The van der Waals surface area contributed by atoms with Crippen LogP contribution in [0.3, 0.4) is 0 Å². The third-order valence-corrected chi connectivity index (χ3v) is 11.0. The van der Waals surface area contributed by atoms with Gasteiger partial charge in [0, 0.05) is 46.1 Å². The van der Waals surface area contributed by atoms with Gasteiger partial charge in [0.1, 0.15) is 6.54 Å². The van der Waals surface area contributed by atoms with E-state index in [2.05, 4.69) is 148 Å². The number of halogens is 2. The lowest BCUT2D eigenvalue weighted by atomic mass is 9.78. The standard InChI is InChI=1S/C42H44ClN2.ClH/c1-7-44-34-24-20-28-14-9-11-18-32(28)38(34)41(3,4)36(44)26-22-30-16-13-17-31(40(30)43)23-27-37-42(5,6)39-33-19-12-10-15-29(33)21-25-35(39)45(37)8-2;/h9-12,14-15,18-27H,7-8,13,16-17H2,1-6H3;1H/q+1;/p-1. The molecule has 0 radical (unpaired) electrons. The second-order valence-corrected chi connectivity index (χ2v) is 14.1. The van der Waals surface area contributed by atoms with Gasteiger partial charge in [0.2, 0.25) is 5.69 Å².